The van der Waals surface area contributed by atoms with Gasteiger partial charge in [0, 0.05) is 12.1 Å². The highest BCUT2D eigenvalue weighted by Gasteiger charge is 2.27. The lowest BCUT2D eigenvalue weighted by atomic mass is 9.87. The van der Waals surface area contributed by atoms with Crippen LogP contribution in [0.2, 0.25) is 0 Å². The van der Waals surface area contributed by atoms with Gasteiger partial charge in [-0.15, -0.1) is 0 Å². The fourth-order valence-electron chi connectivity index (χ4n) is 1.70. The lowest BCUT2D eigenvalue weighted by molar-refractivity contribution is -0.124. The van der Waals surface area contributed by atoms with Crippen molar-refractivity contribution in [3.63, 3.8) is 0 Å². The minimum Gasteiger partial charge on any atom is -0.491 e. The maximum atomic E-state index is 12.0. The second-order valence-corrected chi connectivity index (χ2v) is 6.34. The van der Waals surface area contributed by atoms with Gasteiger partial charge in [-0.3, -0.25) is 4.79 Å². The molecule has 1 rings (SSSR count). The van der Waals surface area contributed by atoms with Gasteiger partial charge in [-0.2, -0.15) is 0 Å². The van der Waals surface area contributed by atoms with Gasteiger partial charge in [0.25, 0.3) is 0 Å². The first-order chi connectivity index (χ1) is 9.21. The van der Waals surface area contributed by atoms with Gasteiger partial charge in [0.15, 0.2) is 0 Å². The Morgan fingerprint density at radius 2 is 1.90 bits per heavy atom. The Morgan fingerprint density at radius 1 is 1.30 bits per heavy atom. The van der Waals surface area contributed by atoms with E-state index >= 15 is 0 Å². The van der Waals surface area contributed by atoms with E-state index in [1.54, 1.807) is 0 Å². The Bertz CT molecular complexity index is 450. The summed E-state index contributed by atoms with van der Waals surface area (Å²) in [5, 5.41) is 2.87. The van der Waals surface area contributed by atoms with Gasteiger partial charge in [0.1, 0.15) is 5.75 Å². The monoisotopic (exact) mass is 278 g/mol. The molecule has 0 aromatic heterocycles. The van der Waals surface area contributed by atoms with Crippen molar-refractivity contribution in [1.29, 1.82) is 0 Å². The molecule has 3 N–H and O–H groups in total. The molecule has 0 saturated carbocycles. The summed E-state index contributed by atoms with van der Waals surface area (Å²) in [6.07, 6.45) is 0.101. The van der Waals surface area contributed by atoms with Crippen molar-refractivity contribution in [2.24, 2.45) is 11.1 Å². The van der Waals surface area contributed by atoms with E-state index in [0.717, 1.165) is 11.3 Å². The summed E-state index contributed by atoms with van der Waals surface area (Å²) in [5.74, 6) is 0.656. The SMILES string of the molecule is CC(C)Oc1ccccc1CNC(=O)[C@@H](N)C(C)(C)C. The number of carbonyl (C=O) groups is 1. The number of benzene rings is 1. The van der Waals surface area contributed by atoms with Gasteiger partial charge >= 0.3 is 0 Å². The highest BCUT2D eigenvalue weighted by molar-refractivity contribution is 5.82. The molecule has 0 saturated heterocycles. The average molecular weight is 278 g/mol. The molecule has 0 aliphatic carbocycles. The third-order valence-electron chi connectivity index (χ3n) is 3.00. The number of nitrogens with one attached hydrogen (secondary N) is 1. The van der Waals surface area contributed by atoms with Crippen LogP contribution >= 0.6 is 0 Å². The van der Waals surface area contributed by atoms with Crippen LogP contribution in [-0.2, 0) is 11.3 Å². The molecule has 0 spiro atoms. The largest absolute Gasteiger partial charge is 0.491 e. The molecule has 1 aromatic rings. The highest BCUT2D eigenvalue weighted by atomic mass is 16.5. The van der Waals surface area contributed by atoms with Crippen LogP contribution in [0.1, 0.15) is 40.2 Å². The molecule has 0 aliphatic rings. The quantitative estimate of drug-likeness (QED) is 0.869. The Morgan fingerprint density at radius 3 is 2.45 bits per heavy atom. The van der Waals surface area contributed by atoms with Gasteiger partial charge in [0.05, 0.1) is 12.1 Å². The van der Waals surface area contributed by atoms with E-state index in [1.807, 2.05) is 58.9 Å². The van der Waals surface area contributed by atoms with E-state index in [9.17, 15) is 4.79 Å². The number of nitrogens with two attached hydrogens (primary N) is 1. The first-order valence-electron chi connectivity index (χ1n) is 6.99. The van der Waals surface area contributed by atoms with E-state index < -0.39 is 6.04 Å². The summed E-state index contributed by atoms with van der Waals surface area (Å²) in [7, 11) is 0. The molecule has 0 bridgehead atoms. The Hall–Kier alpha value is -1.55. The smallest absolute Gasteiger partial charge is 0.237 e. The van der Waals surface area contributed by atoms with Crippen LogP contribution in [0, 0.1) is 5.41 Å². The lowest BCUT2D eigenvalue weighted by Crippen LogP contribution is -2.48. The van der Waals surface area contributed by atoms with E-state index in [2.05, 4.69) is 5.32 Å². The normalized spacial score (nSPS) is 13.2. The van der Waals surface area contributed by atoms with Crippen molar-refractivity contribution >= 4 is 5.91 Å². The zero-order valence-corrected chi connectivity index (χ0v) is 13.1. The van der Waals surface area contributed by atoms with Gasteiger partial charge in [-0.1, -0.05) is 39.0 Å². The number of rotatable bonds is 5. The number of ether oxygens (including phenoxy) is 1. The summed E-state index contributed by atoms with van der Waals surface area (Å²) < 4.78 is 5.72. The number of para-hydroxylation sites is 1. The van der Waals surface area contributed by atoms with Crippen LogP contribution in [0.3, 0.4) is 0 Å². The van der Waals surface area contributed by atoms with Crippen molar-refractivity contribution in [3.8, 4) is 5.75 Å². The molecule has 0 fully saturated rings. The van der Waals surface area contributed by atoms with Crippen molar-refractivity contribution in [3.05, 3.63) is 29.8 Å². The van der Waals surface area contributed by atoms with Crippen LogP contribution in [0.15, 0.2) is 24.3 Å². The number of hydrogen-bond donors (Lipinski definition) is 2. The second-order valence-electron chi connectivity index (χ2n) is 6.34. The van der Waals surface area contributed by atoms with Crippen LogP contribution in [0.25, 0.3) is 0 Å². The van der Waals surface area contributed by atoms with Crippen LogP contribution in [-0.4, -0.2) is 18.1 Å². The average Bonchev–Trinajstić information content (AvgIpc) is 2.34. The summed E-state index contributed by atoms with van der Waals surface area (Å²) in [5.41, 5.74) is 6.64. The zero-order chi connectivity index (χ0) is 15.3. The number of amides is 1. The fraction of sp³-hybridized carbons (Fsp3) is 0.562. The highest BCUT2D eigenvalue weighted by Crippen LogP contribution is 2.20. The van der Waals surface area contributed by atoms with Crippen LogP contribution in [0.5, 0.6) is 5.75 Å². The molecule has 0 aliphatic heterocycles. The molecule has 1 amide bonds. The fourth-order valence-corrected chi connectivity index (χ4v) is 1.70. The molecule has 0 heterocycles. The van der Waals surface area contributed by atoms with Crippen molar-refractivity contribution in [2.45, 2.75) is 53.3 Å². The van der Waals surface area contributed by atoms with E-state index in [4.69, 9.17) is 10.5 Å². The minimum atomic E-state index is -0.527. The van der Waals surface area contributed by atoms with Gasteiger partial charge in [-0.05, 0) is 25.3 Å². The summed E-state index contributed by atoms with van der Waals surface area (Å²) >= 11 is 0. The third kappa shape index (κ3) is 4.85. The molecule has 4 heteroatoms. The summed E-state index contributed by atoms with van der Waals surface area (Å²) in [6.45, 7) is 10.2. The van der Waals surface area contributed by atoms with Crippen LogP contribution in [0.4, 0.5) is 0 Å². The topological polar surface area (TPSA) is 64.3 Å². The number of carbonyl (C=O) groups excluding carboxylic acids is 1. The summed E-state index contributed by atoms with van der Waals surface area (Å²) in [6, 6.07) is 7.18. The van der Waals surface area contributed by atoms with E-state index in [0.29, 0.717) is 6.54 Å². The Balaban J connectivity index is 2.68. The van der Waals surface area contributed by atoms with Gasteiger partial charge in [-0.25, -0.2) is 0 Å². The predicted molar refractivity (Wildman–Crippen MR) is 81.5 cm³/mol. The number of hydrogen-bond acceptors (Lipinski definition) is 3. The Kier molecular flexibility index (Phi) is 5.57. The minimum absolute atomic E-state index is 0.101. The van der Waals surface area contributed by atoms with Crippen molar-refractivity contribution in [1.82, 2.24) is 5.32 Å². The molecule has 20 heavy (non-hydrogen) atoms. The first-order valence-corrected chi connectivity index (χ1v) is 6.99. The molecule has 4 nitrogen and oxygen atoms in total. The maximum Gasteiger partial charge on any atom is 0.237 e. The molecular weight excluding hydrogens is 252 g/mol. The third-order valence-corrected chi connectivity index (χ3v) is 3.00. The Labute approximate surface area is 121 Å². The molecule has 1 atom stereocenters. The predicted octanol–water partition coefficient (Wildman–Crippen LogP) is 2.46. The molecule has 0 unspecified atom stereocenters. The van der Waals surface area contributed by atoms with Crippen molar-refractivity contribution in [2.75, 3.05) is 0 Å². The first kappa shape index (κ1) is 16.5. The molecular formula is C16H26N2O2. The van der Waals surface area contributed by atoms with Gasteiger partial charge in [0.2, 0.25) is 5.91 Å². The molecule has 112 valence electrons. The second kappa shape index (κ2) is 6.75. The standard InChI is InChI=1S/C16H26N2O2/c1-11(2)20-13-9-7-6-8-12(13)10-18-15(19)14(17)16(3,4)5/h6-9,11,14H,10,17H2,1-5H3,(H,18,19)/t14-/m1/s1. The van der Waals surface area contributed by atoms with Gasteiger partial charge < -0.3 is 15.8 Å². The maximum absolute atomic E-state index is 12.0. The molecule has 1 aromatic carbocycles. The van der Waals surface area contributed by atoms with Crippen LogP contribution < -0.4 is 15.8 Å². The lowest BCUT2D eigenvalue weighted by Gasteiger charge is -2.26. The molecule has 0 radical (unpaired) electrons. The van der Waals surface area contributed by atoms with E-state index in [1.165, 1.54) is 0 Å². The zero-order valence-electron chi connectivity index (χ0n) is 13.1. The summed E-state index contributed by atoms with van der Waals surface area (Å²) in [4.78, 5) is 12.0. The van der Waals surface area contributed by atoms with E-state index in [-0.39, 0.29) is 17.4 Å². The van der Waals surface area contributed by atoms with Crippen molar-refractivity contribution < 1.29 is 9.53 Å².